The van der Waals surface area contributed by atoms with Gasteiger partial charge in [-0.2, -0.15) is 0 Å². The smallest absolute Gasteiger partial charge is 0.355 e. The first-order valence-corrected chi connectivity index (χ1v) is 6.99. The molecule has 0 amide bonds. The molecular formula is C14H13N3O9. The van der Waals surface area contributed by atoms with E-state index < -0.39 is 33.2 Å². The number of hydrogen-bond donors (Lipinski definition) is 0. The molecule has 0 atom stereocenters. The quantitative estimate of drug-likeness (QED) is 0.417. The molecule has 1 heterocycles. The third kappa shape index (κ3) is 3.44. The number of nitrogens with zero attached hydrogens (tertiary/aromatic N) is 3. The highest BCUT2D eigenvalue weighted by atomic mass is 16.6. The number of esters is 2. The van der Waals surface area contributed by atoms with Gasteiger partial charge >= 0.3 is 11.9 Å². The molecule has 138 valence electrons. The summed E-state index contributed by atoms with van der Waals surface area (Å²) in [5, 5.41) is 22.2. The van der Waals surface area contributed by atoms with Crippen LogP contribution >= 0.6 is 0 Å². The minimum absolute atomic E-state index is 0.179. The van der Waals surface area contributed by atoms with Gasteiger partial charge in [-0.3, -0.25) is 20.2 Å². The molecule has 1 aromatic carbocycles. The van der Waals surface area contributed by atoms with Crippen LogP contribution in [0.5, 0.6) is 0 Å². The molecule has 0 radical (unpaired) electrons. The van der Waals surface area contributed by atoms with Gasteiger partial charge in [0.05, 0.1) is 42.3 Å². The van der Waals surface area contributed by atoms with E-state index >= 15 is 0 Å². The fourth-order valence-electron chi connectivity index (χ4n) is 2.33. The van der Waals surface area contributed by atoms with E-state index in [9.17, 15) is 29.8 Å². The molecule has 1 aromatic rings. The molecule has 0 saturated heterocycles. The minimum atomic E-state index is -0.943. The van der Waals surface area contributed by atoms with Crippen molar-refractivity contribution in [2.75, 3.05) is 32.5 Å². The van der Waals surface area contributed by atoms with Gasteiger partial charge in [-0.1, -0.05) is 0 Å². The van der Waals surface area contributed by atoms with Crippen molar-refractivity contribution < 1.29 is 33.6 Å². The number of carbonyl (C=O) groups excluding carboxylic acids is 2. The summed E-state index contributed by atoms with van der Waals surface area (Å²) < 4.78 is 14.5. The molecule has 0 bridgehead atoms. The Bertz CT molecular complexity index is 818. The van der Waals surface area contributed by atoms with Crippen molar-refractivity contribution >= 4 is 29.0 Å². The van der Waals surface area contributed by atoms with Crippen molar-refractivity contribution in [2.45, 2.75) is 0 Å². The predicted octanol–water partition coefficient (Wildman–Crippen LogP) is 0.897. The highest BCUT2D eigenvalue weighted by molar-refractivity contribution is 6.03. The number of rotatable bonds is 5. The largest absolute Gasteiger partial charge is 0.466 e. The summed E-state index contributed by atoms with van der Waals surface area (Å²) in [6, 6.07) is 2.86. The third-order valence-corrected chi connectivity index (χ3v) is 3.49. The molecule has 1 aliphatic heterocycles. The SMILES string of the molecule is COC(=O)C1=C(C(=O)OC)N(c2ccc([N+](=O)[O-])cc2[N+](=O)[O-])COC1. The number of carbonyl (C=O) groups is 2. The maximum Gasteiger partial charge on any atom is 0.355 e. The van der Waals surface area contributed by atoms with E-state index in [4.69, 9.17) is 4.74 Å². The van der Waals surface area contributed by atoms with E-state index in [1.54, 1.807) is 0 Å². The lowest BCUT2D eigenvalue weighted by molar-refractivity contribution is -0.393. The van der Waals surface area contributed by atoms with Crippen molar-refractivity contribution in [3.8, 4) is 0 Å². The van der Waals surface area contributed by atoms with Gasteiger partial charge in [0.25, 0.3) is 11.4 Å². The Morgan fingerprint density at radius 3 is 2.31 bits per heavy atom. The van der Waals surface area contributed by atoms with Gasteiger partial charge in [0.1, 0.15) is 18.1 Å². The number of ether oxygens (including phenoxy) is 3. The first kappa shape index (κ1) is 18.8. The van der Waals surface area contributed by atoms with Crippen LogP contribution in [0.2, 0.25) is 0 Å². The van der Waals surface area contributed by atoms with Crippen molar-refractivity contribution in [2.24, 2.45) is 0 Å². The second-order valence-corrected chi connectivity index (χ2v) is 4.90. The normalized spacial score (nSPS) is 14.0. The number of benzene rings is 1. The lowest BCUT2D eigenvalue weighted by Crippen LogP contribution is -2.39. The van der Waals surface area contributed by atoms with Crippen LogP contribution in [-0.2, 0) is 23.8 Å². The van der Waals surface area contributed by atoms with Gasteiger partial charge < -0.3 is 19.1 Å². The summed E-state index contributed by atoms with van der Waals surface area (Å²) in [6.45, 7) is -0.585. The Morgan fingerprint density at radius 2 is 1.77 bits per heavy atom. The first-order valence-electron chi connectivity index (χ1n) is 6.99. The Morgan fingerprint density at radius 1 is 1.12 bits per heavy atom. The van der Waals surface area contributed by atoms with E-state index in [-0.39, 0.29) is 30.3 Å². The van der Waals surface area contributed by atoms with Gasteiger partial charge in [-0.25, -0.2) is 9.59 Å². The Balaban J connectivity index is 2.68. The predicted molar refractivity (Wildman–Crippen MR) is 84.1 cm³/mol. The number of anilines is 1. The van der Waals surface area contributed by atoms with Crippen molar-refractivity contribution in [3.63, 3.8) is 0 Å². The monoisotopic (exact) mass is 367 g/mol. The van der Waals surface area contributed by atoms with Crippen molar-refractivity contribution in [1.29, 1.82) is 0 Å². The fourth-order valence-corrected chi connectivity index (χ4v) is 2.33. The van der Waals surface area contributed by atoms with Crippen LogP contribution in [-0.4, -0.2) is 49.3 Å². The average molecular weight is 367 g/mol. The van der Waals surface area contributed by atoms with E-state index in [1.165, 1.54) is 0 Å². The number of nitro groups is 2. The molecule has 26 heavy (non-hydrogen) atoms. The first-order chi connectivity index (χ1) is 12.3. The molecule has 12 heteroatoms. The number of non-ortho nitro benzene ring substituents is 1. The zero-order valence-electron chi connectivity index (χ0n) is 13.7. The van der Waals surface area contributed by atoms with E-state index in [2.05, 4.69) is 9.47 Å². The van der Waals surface area contributed by atoms with E-state index in [0.29, 0.717) is 0 Å². The molecule has 0 spiro atoms. The molecule has 2 rings (SSSR count). The fraction of sp³-hybridized carbons (Fsp3) is 0.286. The summed E-state index contributed by atoms with van der Waals surface area (Å²) in [7, 11) is 2.17. The number of nitro benzene ring substituents is 2. The zero-order chi connectivity index (χ0) is 19.4. The Kier molecular flexibility index (Phi) is 5.47. The molecular weight excluding hydrogens is 354 g/mol. The van der Waals surface area contributed by atoms with E-state index in [0.717, 1.165) is 37.3 Å². The van der Waals surface area contributed by atoms with Crippen LogP contribution in [0, 0.1) is 20.2 Å². The minimum Gasteiger partial charge on any atom is -0.466 e. The molecule has 0 saturated carbocycles. The average Bonchev–Trinajstić information content (AvgIpc) is 2.65. The number of hydrogen-bond acceptors (Lipinski definition) is 10. The summed E-state index contributed by atoms with van der Waals surface area (Å²) in [5.74, 6) is -1.82. The van der Waals surface area contributed by atoms with Crippen LogP contribution in [0.25, 0.3) is 0 Å². The van der Waals surface area contributed by atoms with Crippen molar-refractivity contribution in [3.05, 3.63) is 49.7 Å². The third-order valence-electron chi connectivity index (χ3n) is 3.49. The van der Waals surface area contributed by atoms with Gasteiger partial charge in [0.2, 0.25) is 0 Å². The van der Waals surface area contributed by atoms with Crippen molar-refractivity contribution in [1.82, 2.24) is 0 Å². The second-order valence-electron chi connectivity index (χ2n) is 4.90. The Labute approximate surface area is 145 Å². The zero-order valence-corrected chi connectivity index (χ0v) is 13.7. The van der Waals surface area contributed by atoms with Gasteiger partial charge in [0, 0.05) is 6.07 Å². The molecule has 0 unspecified atom stereocenters. The molecule has 1 aliphatic rings. The van der Waals surface area contributed by atoms with Gasteiger partial charge in [-0.05, 0) is 6.07 Å². The maximum atomic E-state index is 12.2. The maximum absolute atomic E-state index is 12.2. The van der Waals surface area contributed by atoms with Gasteiger partial charge in [0.15, 0.2) is 0 Å². The van der Waals surface area contributed by atoms with Gasteiger partial charge in [-0.15, -0.1) is 0 Å². The molecule has 12 nitrogen and oxygen atoms in total. The highest BCUT2D eigenvalue weighted by Crippen LogP contribution is 2.36. The topological polar surface area (TPSA) is 151 Å². The van der Waals surface area contributed by atoms with E-state index in [1.807, 2.05) is 0 Å². The lowest BCUT2D eigenvalue weighted by atomic mass is 10.1. The standard InChI is InChI=1S/C14H13N3O9/c1-24-13(18)9-6-26-7-15(12(9)14(19)25-2)10-4-3-8(16(20)21)5-11(10)17(22)23/h3-5H,6-7H2,1-2H3. The molecule has 0 fully saturated rings. The lowest BCUT2D eigenvalue weighted by Gasteiger charge is -2.30. The second kappa shape index (κ2) is 7.57. The van der Waals surface area contributed by atoms with Crippen LogP contribution in [0.15, 0.2) is 29.5 Å². The van der Waals surface area contributed by atoms with Crippen LogP contribution in [0.4, 0.5) is 17.1 Å². The van der Waals surface area contributed by atoms with Crippen LogP contribution in [0.1, 0.15) is 0 Å². The number of methoxy groups -OCH3 is 2. The molecule has 0 aromatic heterocycles. The van der Waals surface area contributed by atoms with Crippen LogP contribution < -0.4 is 4.90 Å². The summed E-state index contributed by atoms with van der Waals surface area (Å²) in [6.07, 6.45) is 0. The summed E-state index contributed by atoms with van der Waals surface area (Å²) in [4.78, 5) is 45.7. The highest BCUT2D eigenvalue weighted by Gasteiger charge is 2.35. The van der Waals surface area contributed by atoms with Crippen LogP contribution in [0.3, 0.4) is 0 Å². The summed E-state index contributed by atoms with van der Waals surface area (Å²) in [5.41, 5.74) is -1.83. The molecule has 0 N–H and O–H groups in total. The summed E-state index contributed by atoms with van der Waals surface area (Å²) >= 11 is 0. The Hall–Kier alpha value is -3.54. The molecule has 0 aliphatic carbocycles.